The molecule has 0 radical (unpaired) electrons. The van der Waals surface area contributed by atoms with E-state index in [1.807, 2.05) is 18.2 Å². The molecule has 7 nitrogen and oxygen atoms in total. The van der Waals surface area contributed by atoms with Gasteiger partial charge in [-0.3, -0.25) is 0 Å². The zero-order valence-electron chi connectivity index (χ0n) is 13.8. The Labute approximate surface area is 151 Å². The highest BCUT2D eigenvalue weighted by Crippen LogP contribution is 2.23. The van der Waals surface area contributed by atoms with Crippen LogP contribution in [-0.4, -0.2) is 36.5 Å². The molecular formula is C16H21N5O2S2. The number of aromatic nitrogens is 3. The summed E-state index contributed by atoms with van der Waals surface area (Å²) in [6, 6.07) is 9.11. The highest BCUT2D eigenvalue weighted by molar-refractivity contribution is 8.71. The second-order valence-corrected chi connectivity index (χ2v) is 10.1. The van der Waals surface area contributed by atoms with Crippen LogP contribution in [0, 0.1) is 0 Å². The highest BCUT2D eigenvalue weighted by atomic mass is 33.1. The molecule has 25 heavy (non-hydrogen) atoms. The molecule has 2 aromatic rings. The number of rotatable bonds is 6. The summed E-state index contributed by atoms with van der Waals surface area (Å²) in [5.41, 5.74) is 6.54. The lowest BCUT2D eigenvalue weighted by Gasteiger charge is -2.26. The van der Waals surface area contributed by atoms with Crippen LogP contribution in [0.5, 0.6) is 0 Å². The van der Waals surface area contributed by atoms with Gasteiger partial charge >= 0.3 is 0 Å². The summed E-state index contributed by atoms with van der Waals surface area (Å²) in [7, 11) is -2.49. The number of nitrogens with zero attached hydrogens (tertiary/aromatic N) is 4. The molecule has 0 spiro atoms. The van der Waals surface area contributed by atoms with Crippen LogP contribution in [0.15, 0.2) is 30.3 Å². The number of nitrogen functional groups attached to an aromatic ring is 1. The van der Waals surface area contributed by atoms with Crippen LogP contribution in [0.25, 0.3) is 0 Å². The first-order valence-electron chi connectivity index (χ1n) is 8.18. The van der Waals surface area contributed by atoms with Gasteiger partial charge in [0.2, 0.25) is 20.8 Å². The Balaban J connectivity index is 1.67. The van der Waals surface area contributed by atoms with Crippen molar-refractivity contribution >= 4 is 31.6 Å². The highest BCUT2D eigenvalue weighted by Gasteiger charge is 2.18. The molecule has 1 fully saturated rings. The predicted molar refractivity (Wildman–Crippen MR) is 101 cm³/mol. The van der Waals surface area contributed by atoms with Crippen LogP contribution < -0.4 is 10.6 Å². The molecular weight excluding hydrogens is 358 g/mol. The lowest BCUT2D eigenvalue weighted by molar-refractivity contribution is 0.567. The zero-order chi connectivity index (χ0) is 17.7. The molecule has 134 valence electrons. The van der Waals surface area contributed by atoms with E-state index < -0.39 is 8.87 Å². The van der Waals surface area contributed by atoms with Gasteiger partial charge in [-0.1, -0.05) is 30.3 Å². The molecule has 1 aliphatic rings. The van der Waals surface area contributed by atoms with Gasteiger partial charge in [-0.05, 0) is 35.6 Å². The molecule has 0 saturated carbocycles. The first kappa shape index (κ1) is 17.9. The Hall–Kier alpha value is -1.87. The molecule has 1 aromatic carbocycles. The van der Waals surface area contributed by atoms with E-state index >= 15 is 0 Å². The maximum Gasteiger partial charge on any atom is 0.230 e. The number of hydrogen-bond acceptors (Lipinski definition) is 8. The molecule has 0 unspecified atom stereocenters. The van der Waals surface area contributed by atoms with Crippen LogP contribution in [0.4, 0.5) is 11.9 Å². The second kappa shape index (κ2) is 8.01. The average molecular weight is 380 g/mol. The minimum atomic E-state index is -3.32. The van der Waals surface area contributed by atoms with Gasteiger partial charge in [0, 0.05) is 13.1 Å². The molecule has 1 aromatic heterocycles. The average Bonchev–Trinajstić information content (AvgIpc) is 2.61. The van der Waals surface area contributed by atoms with Crippen LogP contribution >= 0.6 is 10.8 Å². The molecule has 2 heterocycles. The van der Waals surface area contributed by atoms with Crippen LogP contribution in [0.2, 0.25) is 0 Å². The fraction of sp³-hybridized carbons (Fsp3) is 0.438. The maximum atomic E-state index is 12.3. The van der Waals surface area contributed by atoms with Crippen molar-refractivity contribution in [2.45, 2.75) is 30.8 Å². The van der Waals surface area contributed by atoms with Crippen molar-refractivity contribution in [1.82, 2.24) is 15.0 Å². The van der Waals surface area contributed by atoms with Crippen molar-refractivity contribution in [3.63, 3.8) is 0 Å². The van der Waals surface area contributed by atoms with E-state index in [4.69, 9.17) is 5.73 Å². The van der Waals surface area contributed by atoms with E-state index in [2.05, 4.69) is 19.9 Å². The van der Waals surface area contributed by atoms with Crippen LogP contribution in [0.3, 0.4) is 0 Å². The molecule has 1 aliphatic heterocycles. The Bertz CT molecular complexity index is 809. The summed E-state index contributed by atoms with van der Waals surface area (Å²) >= 11 is 0. The summed E-state index contributed by atoms with van der Waals surface area (Å²) < 4.78 is 24.6. The maximum absolute atomic E-state index is 12.3. The van der Waals surface area contributed by atoms with Gasteiger partial charge in [0.25, 0.3) is 0 Å². The Morgan fingerprint density at radius 1 is 1.04 bits per heavy atom. The van der Waals surface area contributed by atoms with Gasteiger partial charge in [0.15, 0.2) is 0 Å². The quantitative estimate of drug-likeness (QED) is 0.762. The van der Waals surface area contributed by atoms with Gasteiger partial charge in [0.1, 0.15) is 5.82 Å². The largest absolute Gasteiger partial charge is 0.368 e. The Morgan fingerprint density at radius 2 is 1.76 bits per heavy atom. The first-order chi connectivity index (χ1) is 12.0. The van der Waals surface area contributed by atoms with Gasteiger partial charge < -0.3 is 10.6 Å². The summed E-state index contributed by atoms with van der Waals surface area (Å²) in [6.45, 7) is 1.78. The third kappa shape index (κ3) is 5.30. The van der Waals surface area contributed by atoms with Crippen molar-refractivity contribution < 1.29 is 8.42 Å². The van der Waals surface area contributed by atoms with Crippen molar-refractivity contribution in [1.29, 1.82) is 0 Å². The third-order valence-corrected chi connectivity index (χ3v) is 7.09. The van der Waals surface area contributed by atoms with E-state index in [1.165, 1.54) is 6.42 Å². The third-order valence-electron chi connectivity index (χ3n) is 3.88. The van der Waals surface area contributed by atoms with E-state index in [-0.39, 0.29) is 17.5 Å². The normalized spacial score (nSPS) is 15.3. The molecule has 1 saturated heterocycles. The summed E-state index contributed by atoms with van der Waals surface area (Å²) in [5.74, 6) is 1.21. The Kier molecular flexibility index (Phi) is 5.74. The second-order valence-electron chi connectivity index (χ2n) is 5.91. The predicted octanol–water partition coefficient (Wildman–Crippen LogP) is 2.21. The fourth-order valence-corrected chi connectivity index (χ4v) is 5.30. The standard InChI is InChI=1S/C16H21N5O2S2/c17-15-18-14(19-16(20-15)21-9-5-2-6-10-21)11-24-25(22,23)12-13-7-3-1-4-8-13/h1,3-4,7-8H,2,5-6,9-12H2,(H2,17,18,19,20). The molecule has 0 aliphatic carbocycles. The number of anilines is 2. The Morgan fingerprint density at radius 3 is 2.48 bits per heavy atom. The smallest absolute Gasteiger partial charge is 0.230 e. The number of nitrogens with two attached hydrogens (primary N) is 1. The van der Waals surface area contributed by atoms with E-state index in [9.17, 15) is 8.42 Å². The SMILES string of the molecule is Nc1nc(CSS(=O)(=O)Cc2ccccc2)nc(N2CCCCC2)n1. The summed E-state index contributed by atoms with van der Waals surface area (Å²) in [5, 5.41) is 0. The van der Waals surface area contributed by atoms with Crippen LogP contribution in [0.1, 0.15) is 30.7 Å². The minimum absolute atomic E-state index is 0.0158. The zero-order valence-corrected chi connectivity index (χ0v) is 15.5. The molecule has 2 N–H and O–H groups in total. The van der Waals surface area contributed by atoms with Crippen molar-refractivity contribution in [2.75, 3.05) is 23.7 Å². The lowest BCUT2D eigenvalue weighted by atomic mass is 10.1. The van der Waals surface area contributed by atoms with Crippen molar-refractivity contribution in [2.24, 2.45) is 0 Å². The van der Waals surface area contributed by atoms with Crippen molar-refractivity contribution in [3.05, 3.63) is 41.7 Å². The monoisotopic (exact) mass is 379 g/mol. The van der Waals surface area contributed by atoms with Crippen LogP contribution in [-0.2, 0) is 20.4 Å². The summed E-state index contributed by atoms with van der Waals surface area (Å²) in [4.78, 5) is 14.8. The molecule has 3 rings (SSSR count). The van der Waals surface area contributed by atoms with Gasteiger partial charge in [0.05, 0.1) is 11.5 Å². The first-order valence-corrected chi connectivity index (χ1v) is 11.3. The minimum Gasteiger partial charge on any atom is -0.368 e. The summed E-state index contributed by atoms with van der Waals surface area (Å²) in [6.07, 6.45) is 3.40. The van der Waals surface area contributed by atoms with E-state index in [0.29, 0.717) is 11.8 Å². The van der Waals surface area contributed by atoms with Gasteiger partial charge in [-0.15, -0.1) is 0 Å². The fourth-order valence-electron chi connectivity index (χ4n) is 2.69. The molecule has 0 atom stereocenters. The molecule has 0 bridgehead atoms. The van der Waals surface area contributed by atoms with Crippen molar-refractivity contribution in [3.8, 4) is 0 Å². The number of hydrogen-bond donors (Lipinski definition) is 1. The van der Waals surface area contributed by atoms with E-state index in [1.54, 1.807) is 12.1 Å². The number of benzene rings is 1. The number of piperidine rings is 1. The van der Waals surface area contributed by atoms with Gasteiger partial charge in [-0.2, -0.15) is 15.0 Å². The molecule has 0 amide bonds. The topological polar surface area (TPSA) is 102 Å². The van der Waals surface area contributed by atoms with Gasteiger partial charge in [-0.25, -0.2) is 8.42 Å². The van der Waals surface area contributed by atoms with E-state index in [0.717, 1.165) is 42.3 Å². The molecule has 9 heteroatoms. The lowest BCUT2D eigenvalue weighted by Crippen LogP contribution is -2.31.